The van der Waals surface area contributed by atoms with E-state index in [4.69, 9.17) is 21.1 Å². The van der Waals surface area contributed by atoms with Gasteiger partial charge in [0, 0.05) is 21.7 Å². The normalized spacial score (nSPS) is 11.1. The first-order chi connectivity index (χ1) is 69.4. The van der Waals surface area contributed by atoms with Gasteiger partial charge in [-0.3, -0.25) is 0 Å². The predicted molar refractivity (Wildman–Crippen MR) is 635 cm³/mol. The molecular weight excluding hydrogens is 1800 g/mol. The number of methoxy groups -OCH3 is 2. The highest BCUT2D eigenvalue weighted by Gasteiger charge is 2.17. The molecule has 146 heavy (non-hydrogen) atoms. The molecule has 0 amide bonds. The topological polar surface area (TPSA) is 18.5 Å². The molecule has 0 radical (unpaired) electrons. The molecule has 0 saturated carbocycles. The van der Waals surface area contributed by atoms with E-state index in [0.717, 1.165) is 61.9 Å². The third-order valence-corrected chi connectivity index (χ3v) is 27.5. The van der Waals surface area contributed by atoms with Gasteiger partial charge in [0.15, 0.2) is 0 Å². The third-order valence-electron chi connectivity index (χ3n) is 27.2. The van der Waals surface area contributed by atoms with Crippen LogP contribution in [0.4, 0.5) is 8.78 Å². The first-order valence-electron chi connectivity index (χ1n) is 53.2. The molecule has 16 aromatic rings. The molecule has 0 aromatic heterocycles. The highest BCUT2D eigenvalue weighted by atomic mass is 35.5. The van der Waals surface area contributed by atoms with Crippen molar-refractivity contribution in [3.63, 3.8) is 0 Å². The molecule has 0 aliphatic heterocycles. The summed E-state index contributed by atoms with van der Waals surface area (Å²) < 4.78 is 38.4. The number of benzene rings is 16. The van der Waals surface area contributed by atoms with E-state index < -0.39 is 0 Å². The van der Waals surface area contributed by atoms with Crippen LogP contribution in [-0.2, 0) is 6.42 Å². The number of halogens is 3. The van der Waals surface area contributed by atoms with Crippen molar-refractivity contribution in [1.82, 2.24) is 0 Å². The van der Waals surface area contributed by atoms with Crippen LogP contribution in [0.1, 0.15) is 344 Å². The summed E-state index contributed by atoms with van der Waals surface area (Å²) in [5.41, 5.74) is 42.5. The molecule has 0 N–H and O–H groups in total. The minimum absolute atomic E-state index is 0.136. The minimum atomic E-state index is -0.173. The van der Waals surface area contributed by atoms with Gasteiger partial charge < -0.3 is 9.47 Å². The van der Waals surface area contributed by atoms with Crippen molar-refractivity contribution in [1.29, 1.82) is 0 Å². The van der Waals surface area contributed by atoms with Crippen molar-refractivity contribution in [2.24, 2.45) is 0 Å². The molecular formula is C141H167ClF2O2. The zero-order valence-corrected chi connectivity index (χ0v) is 94.8. The second-order valence-corrected chi connectivity index (χ2v) is 43.5. The molecule has 16 rings (SSSR count). The fourth-order valence-corrected chi connectivity index (χ4v) is 17.5. The highest BCUT2D eigenvalue weighted by molar-refractivity contribution is 6.31. The second-order valence-electron chi connectivity index (χ2n) is 43.0. The molecule has 0 unspecified atom stereocenters. The van der Waals surface area contributed by atoms with Crippen molar-refractivity contribution >= 4 is 11.6 Å². The van der Waals surface area contributed by atoms with Gasteiger partial charge in [-0.1, -0.05) is 499 Å². The Morgan fingerprint density at radius 2 is 0.438 bits per heavy atom. The maximum Gasteiger partial charge on any atom is 0.131 e. The van der Waals surface area contributed by atoms with Gasteiger partial charge in [-0.25, -0.2) is 8.78 Å². The Morgan fingerprint density at radius 3 is 0.753 bits per heavy atom. The van der Waals surface area contributed by atoms with Gasteiger partial charge in [-0.15, -0.1) is 0 Å². The van der Waals surface area contributed by atoms with E-state index >= 15 is 0 Å². The Morgan fingerprint density at radius 1 is 0.199 bits per heavy atom. The molecule has 0 bridgehead atoms. The summed E-state index contributed by atoms with van der Waals surface area (Å²) in [7, 11) is 3.41. The summed E-state index contributed by atoms with van der Waals surface area (Å²) in [6.07, 6.45) is 1.10. The van der Waals surface area contributed by atoms with Crippen LogP contribution in [-0.4, -0.2) is 14.2 Å². The fourth-order valence-electron chi connectivity index (χ4n) is 17.4. The van der Waals surface area contributed by atoms with Crippen LogP contribution in [0.5, 0.6) is 11.5 Å². The van der Waals surface area contributed by atoms with Gasteiger partial charge >= 0.3 is 0 Å². The van der Waals surface area contributed by atoms with E-state index in [1.807, 2.05) is 55.5 Å². The van der Waals surface area contributed by atoms with Gasteiger partial charge in [0.25, 0.3) is 0 Å². The lowest BCUT2D eigenvalue weighted by Gasteiger charge is -2.14. The van der Waals surface area contributed by atoms with Gasteiger partial charge in [-0.05, 0) is 316 Å². The number of hydrogen-bond acceptors (Lipinski definition) is 2. The van der Waals surface area contributed by atoms with Crippen LogP contribution in [0.15, 0.2) is 346 Å². The van der Waals surface area contributed by atoms with Crippen molar-refractivity contribution in [2.45, 2.75) is 285 Å². The van der Waals surface area contributed by atoms with E-state index in [2.05, 4.69) is 480 Å². The summed E-state index contributed by atoms with van der Waals surface area (Å²) in [6.45, 7) is 65.7. The van der Waals surface area contributed by atoms with Crippen LogP contribution >= 0.6 is 11.6 Å². The fraction of sp³-hybridized carbons (Fsp3) is 0.319. The van der Waals surface area contributed by atoms with Crippen LogP contribution in [0, 0.1) is 46.3 Å². The Balaban J connectivity index is 0.000000186. The van der Waals surface area contributed by atoms with Gasteiger partial charge in [0.1, 0.15) is 23.1 Å². The lowest BCUT2D eigenvalue weighted by molar-refractivity contribution is 0.416. The largest absolute Gasteiger partial charge is 0.496 e. The van der Waals surface area contributed by atoms with Gasteiger partial charge in [0.05, 0.1) is 14.2 Å². The second kappa shape index (κ2) is 56.8. The van der Waals surface area contributed by atoms with Crippen LogP contribution in [0.3, 0.4) is 0 Å². The standard InChI is InChI=1S/C19H24O.2C19H24.C18H21F.2C17H20.C16H17ClO.C16H17F/c1-13(2)15-6-8-16(9-7-15)18-12-17(14(3)4)10-11-19(18)20-5;1-13(2)16-6-8-17(9-7-16)19-11-15(5)10-18(12-19)14(3)4;1-13(2)16-8-10-17(11-9-16)19-12-18(14(3)4)7-6-15(19)5;1-12(2)14-5-7-15(8-6-14)17-10-9-16(13(3)4)11-18(17)19;1-12(2)15-5-7-16(8-6-15)17-10-13(3)9-14(4)11-17;1-4-14-5-7-16(8-6-14)17-11-9-15(10-12-17)13(2)3;1-11(2)12-4-6-13(7-5-12)15-10-14(17)8-9-16(15)18-3;1-11(2)13-4-6-14(7-5-13)15-8-12(3)9-16(17)10-15/h6-14H,1-5H3;2*6-14H,1-5H3;5-13H,1-4H3;5-12H,1-4H3;5-13H,4H2,1-3H3;4-11H,1-3H3;4-11H,1-3H3. The van der Waals surface area contributed by atoms with Crippen LogP contribution in [0.2, 0.25) is 5.02 Å². The van der Waals surface area contributed by atoms with E-state index in [9.17, 15) is 8.78 Å². The maximum atomic E-state index is 14.2. The van der Waals surface area contributed by atoms with E-state index in [0.29, 0.717) is 76.6 Å². The molecule has 0 heterocycles. The van der Waals surface area contributed by atoms with Crippen molar-refractivity contribution < 1.29 is 18.3 Å². The maximum absolute atomic E-state index is 14.2. The predicted octanol–water partition coefficient (Wildman–Crippen LogP) is 43.4. The quantitative estimate of drug-likeness (QED) is 0.0635. The Bertz CT molecular complexity index is 6530. The lowest BCUT2D eigenvalue weighted by atomic mass is 9.92. The summed E-state index contributed by atoms with van der Waals surface area (Å²) in [5.74, 6) is 8.03. The SMILES string of the molecule is CC(C)c1ccc(-c2ccc(C(C)C)cc2F)cc1.CCc1ccc(-c2ccc(C(C)C)cc2)cc1.COc1ccc(C(C)C)cc1-c1ccc(C(C)C)cc1.COc1ccc(Cl)cc1-c1ccc(C(C)C)cc1.Cc1cc(-c2ccc(C(C)C)cc2)cc(C(C)C)c1.Cc1cc(C)cc(-c2ccc(C(C)C)cc2)c1.Cc1cc(F)cc(-c2ccc(C(C)C)cc2)c1.Cc1ccc(C(C)C)cc1-c1ccc(C(C)C)cc1. The molecule has 764 valence electrons. The smallest absolute Gasteiger partial charge is 0.131 e. The number of rotatable bonds is 23. The first-order valence-corrected chi connectivity index (χ1v) is 53.6. The minimum Gasteiger partial charge on any atom is -0.496 e. The molecule has 0 aliphatic rings. The molecule has 0 saturated heterocycles. The lowest BCUT2D eigenvalue weighted by Crippen LogP contribution is -1.93. The first kappa shape index (κ1) is 117. The summed E-state index contributed by atoms with van der Waals surface area (Å²) in [6, 6.07) is 122. The van der Waals surface area contributed by atoms with E-state index in [-0.39, 0.29) is 11.6 Å². The number of hydrogen-bond donors (Lipinski definition) is 0. The monoisotopic (exact) mass is 1970 g/mol. The molecule has 0 atom stereocenters. The molecule has 0 fully saturated rings. The van der Waals surface area contributed by atoms with Crippen molar-refractivity contribution in [2.75, 3.05) is 14.2 Å². The summed E-state index contributed by atoms with van der Waals surface area (Å²) >= 11 is 6.05. The average molecular weight is 1970 g/mol. The van der Waals surface area contributed by atoms with Gasteiger partial charge in [-0.2, -0.15) is 0 Å². The number of aryl methyl sites for hydroxylation is 6. The molecule has 5 heteroatoms. The Labute approximate surface area is 886 Å². The average Bonchev–Trinajstić information content (AvgIpc) is 0.798. The third kappa shape index (κ3) is 35.3. The van der Waals surface area contributed by atoms with Crippen molar-refractivity contribution in [3.8, 4) is 101 Å². The summed E-state index contributed by atoms with van der Waals surface area (Å²) in [5, 5.41) is 0.721. The number of ether oxygens (including phenoxy) is 2. The molecule has 0 aliphatic carbocycles. The molecule has 16 aromatic carbocycles. The highest BCUT2D eigenvalue weighted by Crippen LogP contribution is 2.39. The van der Waals surface area contributed by atoms with Gasteiger partial charge in [0.2, 0.25) is 0 Å². The zero-order valence-electron chi connectivity index (χ0n) is 94.0. The van der Waals surface area contributed by atoms with E-state index in [1.54, 1.807) is 32.4 Å². The summed E-state index contributed by atoms with van der Waals surface area (Å²) in [4.78, 5) is 0. The van der Waals surface area contributed by atoms with E-state index in [1.165, 1.54) is 145 Å². The Hall–Kier alpha value is -12.7. The zero-order chi connectivity index (χ0) is 107. The molecule has 0 spiro atoms. The van der Waals surface area contributed by atoms with Crippen LogP contribution in [0.25, 0.3) is 89.0 Å². The Kier molecular flexibility index (Phi) is 45.5. The van der Waals surface area contributed by atoms with Crippen LogP contribution < -0.4 is 9.47 Å². The van der Waals surface area contributed by atoms with Crippen molar-refractivity contribution in [3.05, 3.63) is 463 Å². The molecule has 2 nitrogen and oxygen atoms in total.